The molecule has 0 atom stereocenters. The van der Waals surface area contributed by atoms with Gasteiger partial charge in [0.2, 0.25) is 0 Å². The van der Waals surface area contributed by atoms with Gasteiger partial charge in [-0.05, 0) is 6.26 Å². The van der Waals surface area contributed by atoms with E-state index in [0.29, 0.717) is 0 Å². The molecule has 0 bridgehead atoms. The van der Waals surface area contributed by atoms with Crippen LogP contribution in [0.2, 0.25) is 0 Å². The molecule has 0 saturated heterocycles. The summed E-state index contributed by atoms with van der Waals surface area (Å²) >= 11 is 22.8. The molecule has 7 heavy (non-hydrogen) atoms. The van der Waals surface area contributed by atoms with Gasteiger partial charge >= 0.3 is 0 Å². The van der Waals surface area contributed by atoms with Gasteiger partial charge in [0, 0.05) is 0 Å². The number of thiol groups is 1. The Hall–Kier alpha value is 1.51. The van der Waals surface area contributed by atoms with Crippen LogP contribution in [0.3, 0.4) is 0 Å². The normalized spacial score (nSPS) is 9.43. The van der Waals surface area contributed by atoms with Crippen molar-refractivity contribution in [3.05, 3.63) is 0 Å². The lowest BCUT2D eigenvalue weighted by Gasteiger charge is -1.91. The fraction of sp³-hybridized carbons (Fsp3) is 1.00. The largest absolute Gasteiger partial charge is 0.266 e. The van der Waals surface area contributed by atoms with Crippen molar-refractivity contribution in [2.24, 2.45) is 0 Å². The highest BCUT2D eigenvalue weighted by atomic mass is 35.6. The van der Waals surface area contributed by atoms with E-state index in [9.17, 15) is 0 Å². The number of rotatable bonds is 0. The summed E-state index contributed by atoms with van der Waals surface area (Å²) in [5.41, 5.74) is 0. The Bertz CT molecular complexity index is 25.2. The van der Waals surface area contributed by atoms with Gasteiger partial charge in [-0.2, -0.15) is 12.6 Å². The van der Waals surface area contributed by atoms with E-state index < -0.39 is 3.25 Å². The van der Waals surface area contributed by atoms with Crippen LogP contribution in [-0.4, -0.2) is 9.51 Å². The lowest BCUT2D eigenvalue weighted by molar-refractivity contribution is 1.76. The summed E-state index contributed by atoms with van der Waals surface area (Å²) in [6, 6.07) is 0. The van der Waals surface area contributed by atoms with Crippen LogP contribution in [0, 0.1) is 0 Å². The molecule has 0 aliphatic heterocycles. The molecule has 0 radical (unpaired) electrons. The molecule has 0 aliphatic carbocycles. The molecule has 0 aliphatic rings. The maximum atomic E-state index is 4.83. The zero-order valence-electron chi connectivity index (χ0n) is 3.46. The molecule has 46 valence electrons. The molecular weight excluding hydrogens is 198 g/mol. The van der Waals surface area contributed by atoms with Crippen LogP contribution < -0.4 is 0 Å². The SMILES string of the molecule is CS.ClC(Cl)(Cl)Cl. The van der Waals surface area contributed by atoms with Crippen molar-refractivity contribution >= 4 is 59.0 Å². The van der Waals surface area contributed by atoms with Crippen molar-refractivity contribution in [2.45, 2.75) is 3.25 Å². The van der Waals surface area contributed by atoms with Gasteiger partial charge in [0.15, 0.2) is 0 Å². The van der Waals surface area contributed by atoms with E-state index in [1.807, 2.05) is 0 Å². The molecule has 0 fully saturated rings. The first-order valence-corrected chi connectivity index (χ1v) is 3.61. The van der Waals surface area contributed by atoms with Crippen molar-refractivity contribution < 1.29 is 0 Å². The fourth-order valence-corrected chi connectivity index (χ4v) is 0. The summed E-state index contributed by atoms with van der Waals surface area (Å²) in [7, 11) is 0. The molecule has 0 saturated carbocycles. The second-order valence-electron chi connectivity index (χ2n) is 0.429. The van der Waals surface area contributed by atoms with E-state index in [-0.39, 0.29) is 0 Å². The van der Waals surface area contributed by atoms with Crippen molar-refractivity contribution in [1.29, 1.82) is 0 Å². The third-order valence-corrected chi connectivity index (χ3v) is 0. The monoisotopic (exact) mass is 200 g/mol. The van der Waals surface area contributed by atoms with Crippen LogP contribution in [-0.2, 0) is 0 Å². The summed E-state index contributed by atoms with van der Waals surface area (Å²) in [4.78, 5) is 0. The van der Waals surface area contributed by atoms with Gasteiger partial charge in [0.25, 0.3) is 3.25 Å². The standard InChI is InChI=1S/CCl4.CH4S/c2-1(3,4)5;1-2/h;2H,1H3. The van der Waals surface area contributed by atoms with Gasteiger partial charge in [0.1, 0.15) is 0 Å². The fourth-order valence-electron chi connectivity index (χ4n) is 0. The Labute approximate surface area is 68.5 Å². The summed E-state index contributed by atoms with van der Waals surface area (Å²) < 4.78 is -1.61. The van der Waals surface area contributed by atoms with Gasteiger partial charge in [0.05, 0.1) is 0 Å². The highest BCUT2D eigenvalue weighted by molar-refractivity contribution is 7.79. The van der Waals surface area contributed by atoms with E-state index in [2.05, 4.69) is 12.6 Å². The van der Waals surface area contributed by atoms with Crippen LogP contribution >= 0.6 is 59.0 Å². The van der Waals surface area contributed by atoms with Crippen molar-refractivity contribution in [2.75, 3.05) is 6.26 Å². The predicted molar refractivity (Wildman–Crippen MR) is 41.1 cm³/mol. The second-order valence-corrected chi connectivity index (χ2v) is 3.86. The lowest BCUT2D eigenvalue weighted by Crippen LogP contribution is -1.81. The molecule has 0 rings (SSSR count). The summed E-state index contributed by atoms with van der Waals surface area (Å²) in [5.74, 6) is 0. The van der Waals surface area contributed by atoms with E-state index in [4.69, 9.17) is 46.4 Å². The minimum atomic E-state index is -1.61. The highest BCUT2D eigenvalue weighted by Gasteiger charge is 2.11. The first-order valence-electron chi connectivity index (χ1n) is 1.20. The Balaban J connectivity index is 0. The molecule has 0 aromatic carbocycles. The Morgan fingerprint density at radius 1 is 1.00 bits per heavy atom. The van der Waals surface area contributed by atoms with Crippen molar-refractivity contribution in [1.82, 2.24) is 0 Å². The predicted octanol–water partition coefficient (Wildman–Crippen LogP) is 3.10. The number of hydrogen-bond donors (Lipinski definition) is 1. The van der Waals surface area contributed by atoms with Gasteiger partial charge in [-0.1, -0.05) is 46.4 Å². The molecule has 0 heterocycles. The maximum absolute atomic E-state index is 4.83. The Kier molecular flexibility index (Phi) is 9.13. The topological polar surface area (TPSA) is 0 Å². The first kappa shape index (κ1) is 11.3. The van der Waals surface area contributed by atoms with Gasteiger partial charge < -0.3 is 0 Å². The third kappa shape index (κ3) is 100.0. The van der Waals surface area contributed by atoms with Crippen LogP contribution in [0.4, 0.5) is 0 Å². The number of hydrogen-bond acceptors (Lipinski definition) is 1. The maximum Gasteiger partial charge on any atom is 0.266 e. The number of alkyl halides is 4. The highest BCUT2D eigenvalue weighted by Crippen LogP contribution is 2.29. The zero-order chi connectivity index (χ0) is 6.50. The minimum absolute atomic E-state index is 1.61. The Morgan fingerprint density at radius 3 is 1.00 bits per heavy atom. The molecule has 0 unspecified atom stereocenters. The van der Waals surface area contributed by atoms with Crippen LogP contribution in [0.5, 0.6) is 0 Å². The lowest BCUT2D eigenvalue weighted by atomic mass is 11.8. The zero-order valence-corrected chi connectivity index (χ0v) is 7.38. The minimum Gasteiger partial charge on any atom is -0.183 e. The third-order valence-electron chi connectivity index (χ3n) is 0. The van der Waals surface area contributed by atoms with Crippen LogP contribution in [0.25, 0.3) is 0 Å². The molecular formula is C2H4Cl4S. The average Bonchev–Trinajstić information content (AvgIpc) is 1.36. The molecule has 0 aromatic heterocycles. The first-order chi connectivity index (χ1) is 3.00. The van der Waals surface area contributed by atoms with E-state index >= 15 is 0 Å². The average molecular weight is 202 g/mol. The Morgan fingerprint density at radius 2 is 1.00 bits per heavy atom. The van der Waals surface area contributed by atoms with E-state index in [0.717, 1.165) is 0 Å². The number of halogens is 4. The molecule has 0 amide bonds. The molecule has 5 heteroatoms. The molecule has 0 nitrogen and oxygen atoms in total. The van der Waals surface area contributed by atoms with Crippen LogP contribution in [0.1, 0.15) is 0 Å². The van der Waals surface area contributed by atoms with Gasteiger partial charge in [-0.15, -0.1) is 0 Å². The molecule has 0 N–H and O–H groups in total. The molecule has 0 aromatic rings. The summed E-state index contributed by atoms with van der Waals surface area (Å²) in [5, 5.41) is 0. The second kappa shape index (κ2) is 5.64. The summed E-state index contributed by atoms with van der Waals surface area (Å²) in [6.45, 7) is 0. The van der Waals surface area contributed by atoms with Crippen LogP contribution in [0.15, 0.2) is 0 Å². The smallest absolute Gasteiger partial charge is 0.183 e. The quantitative estimate of drug-likeness (QED) is 0.452. The molecule has 0 spiro atoms. The van der Waals surface area contributed by atoms with Crippen molar-refractivity contribution in [3.63, 3.8) is 0 Å². The van der Waals surface area contributed by atoms with E-state index in [1.165, 1.54) is 0 Å². The van der Waals surface area contributed by atoms with Gasteiger partial charge in [-0.25, -0.2) is 0 Å². The van der Waals surface area contributed by atoms with E-state index in [1.54, 1.807) is 6.26 Å². The summed E-state index contributed by atoms with van der Waals surface area (Å²) in [6.07, 6.45) is 1.69. The van der Waals surface area contributed by atoms with Gasteiger partial charge in [-0.3, -0.25) is 0 Å². The van der Waals surface area contributed by atoms with Crippen molar-refractivity contribution in [3.8, 4) is 0 Å².